The zero-order valence-electron chi connectivity index (χ0n) is 14.0. The highest BCUT2D eigenvalue weighted by molar-refractivity contribution is 9.10. The summed E-state index contributed by atoms with van der Waals surface area (Å²) in [6, 6.07) is 10.2. The van der Waals surface area contributed by atoms with E-state index >= 15 is 0 Å². The second-order valence-corrected chi connectivity index (χ2v) is 6.79. The third kappa shape index (κ3) is 3.41. The monoisotopic (exact) mass is 389 g/mol. The van der Waals surface area contributed by atoms with E-state index in [-0.39, 0.29) is 12.1 Å². The molecule has 0 amide bonds. The van der Waals surface area contributed by atoms with E-state index in [0.29, 0.717) is 6.61 Å². The first-order valence-corrected chi connectivity index (χ1v) is 8.67. The fraction of sp³-hybridized carbons (Fsp3) is 0.316. The molecule has 0 fully saturated rings. The number of halogens is 1. The number of fused-ring (bicyclic) bond motifs is 1. The number of nitrogens with one attached hydrogen (secondary N) is 1. The minimum atomic E-state index is -0.304. The van der Waals surface area contributed by atoms with E-state index in [1.165, 1.54) is 23.6 Å². The molecule has 2 aromatic carbocycles. The van der Waals surface area contributed by atoms with Crippen LogP contribution in [-0.4, -0.2) is 12.6 Å². The SMILES string of the molecule is CC(=O)O[C@@H]1COc2cc(NCc3ccc(C)c(Br)c3C)ccc21. The number of esters is 1. The lowest BCUT2D eigenvalue weighted by atomic mass is 10.1. The Morgan fingerprint density at radius 3 is 2.88 bits per heavy atom. The molecule has 5 heteroatoms. The molecule has 1 aliphatic rings. The van der Waals surface area contributed by atoms with Crippen molar-refractivity contribution in [1.82, 2.24) is 0 Å². The van der Waals surface area contributed by atoms with Crippen molar-refractivity contribution >= 4 is 27.6 Å². The van der Waals surface area contributed by atoms with Crippen LogP contribution < -0.4 is 10.1 Å². The Bertz CT molecular complexity index is 788. The maximum absolute atomic E-state index is 11.1. The van der Waals surface area contributed by atoms with Crippen molar-refractivity contribution in [3.05, 3.63) is 57.1 Å². The summed E-state index contributed by atoms with van der Waals surface area (Å²) < 4.78 is 12.1. The lowest BCUT2D eigenvalue weighted by Gasteiger charge is -2.13. The fourth-order valence-electron chi connectivity index (χ4n) is 2.84. The molecule has 126 valence electrons. The van der Waals surface area contributed by atoms with Gasteiger partial charge in [-0.05, 0) is 42.7 Å². The molecule has 0 spiro atoms. The molecule has 24 heavy (non-hydrogen) atoms. The van der Waals surface area contributed by atoms with Gasteiger partial charge in [0.25, 0.3) is 0 Å². The Kier molecular flexibility index (Phi) is 4.81. The van der Waals surface area contributed by atoms with Gasteiger partial charge in [-0.25, -0.2) is 0 Å². The van der Waals surface area contributed by atoms with Crippen LogP contribution in [0.2, 0.25) is 0 Å². The Morgan fingerprint density at radius 2 is 2.12 bits per heavy atom. The summed E-state index contributed by atoms with van der Waals surface area (Å²) >= 11 is 3.63. The quantitative estimate of drug-likeness (QED) is 0.771. The normalized spacial score (nSPS) is 15.6. The van der Waals surface area contributed by atoms with Crippen LogP contribution in [0.25, 0.3) is 0 Å². The van der Waals surface area contributed by atoms with Crippen molar-refractivity contribution in [2.24, 2.45) is 0 Å². The van der Waals surface area contributed by atoms with Gasteiger partial charge in [0.15, 0.2) is 6.10 Å². The van der Waals surface area contributed by atoms with Gasteiger partial charge < -0.3 is 14.8 Å². The number of anilines is 1. The summed E-state index contributed by atoms with van der Waals surface area (Å²) in [5.74, 6) is 0.479. The largest absolute Gasteiger partial charge is 0.489 e. The van der Waals surface area contributed by atoms with Crippen molar-refractivity contribution < 1.29 is 14.3 Å². The molecule has 3 rings (SSSR count). The van der Waals surface area contributed by atoms with Gasteiger partial charge in [0.1, 0.15) is 12.4 Å². The minimum Gasteiger partial charge on any atom is -0.489 e. The summed E-state index contributed by atoms with van der Waals surface area (Å²) in [5.41, 5.74) is 5.62. The van der Waals surface area contributed by atoms with E-state index < -0.39 is 0 Å². The number of carbonyl (C=O) groups excluding carboxylic acids is 1. The van der Waals surface area contributed by atoms with E-state index in [9.17, 15) is 4.79 Å². The molecule has 0 bridgehead atoms. The highest BCUT2D eigenvalue weighted by Gasteiger charge is 2.26. The van der Waals surface area contributed by atoms with E-state index in [1.807, 2.05) is 18.2 Å². The van der Waals surface area contributed by atoms with Crippen LogP contribution in [0.5, 0.6) is 5.75 Å². The number of aryl methyl sites for hydroxylation is 1. The van der Waals surface area contributed by atoms with Gasteiger partial charge in [-0.2, -0.15) is 0 Å². The maximum atomic E-state index is 11.1. The van der Waals surface area contributed by atoms with Crippen LogP contribution in [-0.2, 0) is 16.1 Å². The molecule has 0 aromatic heterocycles. The van der Waals surface area contributed by atoms with Gasteiger partial charge in [-0.15, -0.1) is 0 Å². The topological polar surface area (TPSA) is 47.6 Å². The summed E-state index contributed by atoms with van der Waals surface area (Å²) in [6.45, 7) is 6.73. The molecule has 0 saturated heterocycles. The zero-order valence-corrected chi connectivity index (χ0v) is 15.6. The molecule has 0 unspecified atom stereocenters. The Hall–Kier alpha value is -2.01. The van der Waals surface area contributed by atoms with Crippen molar-refractivity contribution in [3.8, 4) is 5.75 Å². The highest BCUT2D eigenvalue weighted by Crippen LogP contribution is 2.36. The van der Waals surface area contributed by atoms with Gasteiger partial charge in [0.2, 0.25) is 0 Å². The van der Waals surface area contributed by atoms with Crippen LogP contribution in [0.15, 0.2) is 34.8 Å². The van der Waals surface area contributed by atoms with Gasteiger partial charge >= 0.3 is 5.97 Å². The molecule has 0 saturated carbocycles. The van der Waals surface area contributed by atoms with Crippen molar-refractivity contribution in [2.75, 3.05) is 11.9 Å². The fourth-order valence-corrected chi connectivity index (χ4v) is 3.22. The number of rotatable bonds is 4. The smallest absolute Gasteiger partial charge is 0.303 e. The lowest BCUT2D eigenvalue weighted by molar-refractivity contribution is -0.147. The van der Waals surface area contributed by atoms with Crippen LogP contribution in [0.1, 0.15) is 35.3 Å². The van der Waals surface area contributed by atoms with Crippen LogP contribution >= 0.6 is 15.9 Å². The summed E-state index contributed by atoms with van der Waals surface area (Å²) in [4.78, 5) is 11.1. The molecule has 1 heterocycles. The predicted molar refractivity (Wildman–Crippen MR) is 97.4 cm³/mol. The van der Waals surface area contributed by atoms with E-state index in [4.69, 9.17) is 9.47 Å². The first-order chi connectivity index (χ1) is 11.5. The molecule has 0 aliphatic carbocycles. The van der Waals surface area contributed by atoms with Gasteiger partial charge in [0.05, 0.1) is 0 Å². The second-order valence-electron chi connectivity index (χ2n) is 6.00. The number of hydrogen-bond donors (Lipinski definition) is 1. The minimum absolute atomic E-state index is 0.293. The number of ether oxygens (including phenoxy) is 2. The molecular formula is C19H20BrNO3. The third-order valence-electron chi connectivity index (χ3n) is 4.23. The van der Waals surface area contributed by atoms with Crippen molar-refractivity contribution in [1.29, 1.82) is 0 Å². The maximum Gasteiger partial charge on any atom is 0.303 e. The lowest BCUT2D eigenvalue weighted by Crippen LogP contribution is -2.09. The van der Waals surface area contributed by atoms with Crippen LogP contribution in [0.3, 0.4) is 0 Å². The zero-order chi connectivity index (χ0) is 17.3. The van der Waals surface area contributed by atoms with Gasteiger partial charge in [-0.3, -0.25) is 4.79 Å². The van der Waals surface area contributed by atoms with E-state index in [1.54, 1.807) is 0 Å². The second kappa shape index (κ2) is 6.85. The summed E-state index contributed by atoms with van der Waals surface area (Å²) in [6.07, 6.45) is -0.304. The molecule has 1 atom stereocenters. The van der Waals surface area contributed by atoms with Gasteiger partial charge in [-0.1, -0.05) is 28.1 Å². The van der Waals surface area contributed by atoms with E-state index in [0.717, 1.165) is 28.0 Å². The van der Waals surface area contributed by atoms with Crippen molar-refractivity contribution in [3.63, 3.8) is 0 Å². The Labute approximate surface area is 150 Å². The summed E-state index contributed by atoms with van der Waals surface area (Å²) in [5, 5.41) is 3.43. The highest BCUT2D eigenvalue weighted by atomic mass is 79.9. The number of hydrogen-bond acceptors (Lipinski definition) is 4. The first-order valence-electron chi connectivity index (χ1n) is 7.88. The third-order valence-corrected chi connectivity index (χ3v) is 5.45. The van der Waals surface area contributed by atoms with Crippen molar-refractivity contribution in [2.45, 2.75) is 33.4 Å². The molecular weight excluding hydrogens is 370 g/mol. The first kappa shape index (κ1) is 16.8. The molecule has 4 nitrogen and oxygen atoms in total. The molecule has 2 aromatic rings. The number of carbonyl (C=O) groups is 1. The average Bonchev–Trinajstić information content (AvgIpc) is 2.93. The predicted octanol–water partition coefficient (Wildman–Crippen LogP) is 4.67. The van der Waals surface area contributed by atoms with Crippen LogP contribution in [0, 0.1) is 13.8 Å². The Morgan fingerprint density at radius 1 is 1.33 bits per heavy atom. The molecule has 1 N–H and O–H groups in total. The van der Waals surface area contributed by atoms with Gasteiger partial charge in [0, 0.05) is 35.3 Å². The average molecular weight is 390 g/mol. The molecule has 0 radical (unpaired) electrons. The van der Waals surface area contributed by atoms with E-state index in [2.05, 4.69) is 47.2 Å². The molecule has 1 aliphatic heterocycles. The van der Waals surface area contributed by atoms with Crippen LogP contribution in [0.4, 0.5) is 5.69 Å². The number of benzene rings is 2. The standard InChI is InChI=1S/C19H20BrNO3/c1-11-4-5-14(12(2)19(11)20)9-21-15-6-7-16-17(8-15)23-10-18(16)24-13(3)22/h4-8,18,21H,9-10H2,1-3H3/t18-/m1/s1. The summed E-state index contributed by atoms with van der Waals surface area (Å²) in [7, 11) is 0. The Balaban J connectivity index is 1.72.